The van der Waals surface area contributed by atoms with Gasteiger partial charge in [0.1, 0.15) is 5.60 Å². The number of alkyl carbamates (subject to hydrolysis) is 1. The Morgan fingerprint density at radius 3 is 2.96 bits per heavy atom. The van der Waals surface area contributed by atoms with Gasteiger partial charge in [0.2, 0.25) is 0 Å². The van der Waals surface area contributed by atoms with E-state index in [-0.39, 0.29) is 12.0 Å². The van der Waals surface area contributed by atoms with Crippen LogP contribution in [0.2, 0.25) is 0 Å². The second-order valence-electron chi connectivity index (χ2n) is 6.76. The summed E-state index contributed by atoms with van der Waals surface area (Å²) in [6.45, 7) is 2.80. The van der Waals surface area contributed by atoms with Gasteiger partial charge in [-0.1, -0.05) is 0 Å². The molecular formula is C16H22N4O3. The van der Waals surface area contributed by atoms with Gasteiger partial charge in [-0.3, -0.25) is 9.48 Å². The van der Waals surface area contributed by atoms with Crippen molar-refractivity contribution < 1.29 is 14.3 Å². The number of amides is 2. The zero-order valence-corrected chi connectivity index (χ0v) is 13.2. The standard InChI is InChI=1S/C16H22N4O3/c21-14(12-10-18-20-8-2-1-4-13(12)20)19-7-3-5-16(6-9-19)11-17-15(22)23-16/h10H,1-9,11H2,(H,17,22)/t16-/m1/s1. The molecule has 0 aliphatic carbocycles. The van der Waals surface area contributed by atoms with Crippen LogP contribution in [-0.2, 0) is 17.7 Å². The lowest BCUT2D eigenvalue weighted by atomic mass is 9.95. The van der Waals surface area contributed by atoms with Gasteiger partial charge in [0.25, 0.3) is 5.91 Å². The van der Waals surface area contributed by atoms with E-state index >= 15 is 0 Å². The van der Waals surface area contributed by atoms with E-state index in [9.17, 15) is 9.59 Å². The molecular weight excluding hydrogens is 296 g/mol. The molecule has 0 radical (unpaired) electrons. The number of likely N-dealkylation sites (tertiary alicyclic amines) is 1. The predicted octanol–water partition coefficient (Wildman–Crippen LogP) is 1.32. The van der Waals surface area contributed by atoms with Gasteiger partial charge in [-0.25, -0.2) is 4.79 Å². The summed E-state index contributed by atoms with van der Waals surface area (Å²) in [4.78, 5) is 26.2. The SMILES string of the molecule is O=C1NC[C@]2(CCCN(C(=O)c3cnn4c3CCCC4)CC2)O1. The van der Waals surface area contributed by atoms with Crippen LogP contribution >= 0.6 is 0 Å². The third-order valence-corrected chi connectivity index (χ3v) is 5.26. The van der Waals surface area contributed by atoms with Gasteiger partial charge in [0, 0.05) is 26.1 Å². The molecule has 124 valence electrons. The van der Waals surface area contributed by atoms with Crippen LogP contribution in [0.25, 0.3) is 0 Å². The molecule has 4 rings (SSSR count). The van der Waals surface area contributed by atoms with Crippen LogP contribution in [0.5, 0.6) is 0 Å². The Bertz CT molecular complexity index is 641. The predicted molar refractivity (Wildman–Crippen MR) is 82.1 cm³/mol. The second-order valence-corrected chi connectivity index (χ2v) is 6.76. The van der Waals surface area contributed by atoms with Gasteiger partial charge in [0.15, 0.2) is 0 Å². The normalized spacial score (nSPS) is 27.3. The molecule has 3 aliphatic rings. The van der Waals surface area contributed by atoms with Crippen LogP contribution in [0.1, 0.15) is 48.2 Å². The van der Waals surface area contributed by atoms with Crippen molar-refractivity contribution in [1.82, 2.24) is 20.0 Å². The van der Waals surface area contributed by atoms with Crippen molar-refractivity contribution in [1.29, 1.82) is 0 Å². The fourth-order valence-corrected chi connectivity index (χ4v) is 3.92. The fourth-order valence-electron chi connectivity index (χ4n) is 3.92. The van der Waals surface area contributed by atoms with E-state index in [1.165, 1.54) is 0 Å². The van der Waals surface area contributed by atoms with E-state index in [0.717, 1.165) is 49.9 Å². The third-order valence-electron chi connectivity index (χ3n) is 5.26. The first kappa shape index (κ1) is 14.5. The Hall–Kier alpha value is -2.05. The van der Waals surface area contributed by atoms with Crippen molar-refractivity contribution in [3.63, 3.8) is 0 Å². The summed E-state index contributed by atoms with van der Waals surface area (Å²) in [6.07, 6.45) is 6.92. The van der Waals surface area contributed by atoms with Crippen LogP contribution in [0, 0.1) is 0 Å². The molecule has 1 aromatic heterocycles. The molecule has 2 saturated heterocycles. The number of hydrogen-bond donors (Lipinski definition) is 1. The lowest BCUT2D eigenvalue weighted by Crippen LogP contribution is -2.36. The van der Waals surface area contributed by atoms with E-state index in [4.69, 9.17) is 4.74 Å². The van der Waals surface area contributed by atoms with E-state index in [1.807, 2.05) is 9.58 Å². The van der Waals surface area contributed by atoms with Crippen molar-refractivity contribution in [2.24, 2.45) is 0 Å². The van der Waals surface area contributed by atoms with Gasteiger partial charge in [-0.15, -0.1) is 0 Å². The smallest absolute Gasteiger partial charge is 0.407 e. The molecule has 1 spiro atoms. The molecule has 0 bridgehead atoms. The number of aryl methyl sites for hydroxylation is 1. The Morgan fingerprint density at radius 2 is 2.13 bits per heavy atom. The van der Waals surface area contributed by atoms with E-state index in [1.54, 1.807) is 6.20 Å². The molecule has 3 aliphatic heterocycles. The first-order chi connectivity index (χ1) is 11.2. The molecule has 0 unspecified atom stereocenters. The molecule has 1 N–H and O–H groups in total. The highest BCUT2D eigenvalue weighted by Crippen LogP contribution is 2.30. The van der Waals surface area contributed by atoms with E-state index < -0.39 is 5.60 Å². The minimum absolute atomic E-state index is 0.0717. The molecule has 7 heteroatoms. The molecule has 2 fully saturated rings. The molecule has 2 amide bonds. The topological polar surface area (TPSA) is 76.5 Å². The Labute approximate surface area is 135 Å². The second kappa shape index (κ2) is 5.54. The summed E-state index contributed by atoms with van der Waals surface area (Å²) >= 11 is 0. The van der Waals surface area contributed by atoms with E-state index in [2.05, 4.69) is 10.4 Å². The highest BCUT2D eigenvalue weighted by molar-refractivity contribution is 5.95. The van der Waals surface area contributed by atoms with Crippen LogP contribution in [0.15, 0.2) is 6.20 Å². The summed E-state index contributed by atoms with van der Waals surface area (Å²) in [7, 11) is 0. The average Bonchev–Trinajstić information content (AvgIpc) is 3.07. The number of nitrogens with one attached hydrogen (secondary N) is 1. The van der Waals surface area contributed by atoms with Gasteiger partial charge in [-0.05, 0) is 32.1 Å². The number of fused-ring (bicyclic) bond motifs is 1. The highest BCUT2D eigenvalue weighted by Gasteiger charge is 2.42. The summed E-state index contributed by atoms with van der Waals surface area (Å²) in [5, 5.41) is 7.11. The maximum Gasteiger partial charge on any atom is 0.407 e. The fraction of sp³-hybridized carbons (Fsp3) is 0.688. The summed E-state index contributed by atoms with van der Waals surface area (Å²) < 4.78 is 7.45. The van der Waals surface area contributed by atoms with Gasteiger partial charge in [-0.2, -0.15) is 5.10 Å². The largest absolute Gasteiger partial charge is 0.441 e. The molecule has 0 aromatic carbocycles. The minimum Gasteiger partial charge on any atom is -0.441 e. The van der Waals surface area contributed by atoms with Crippen molar-refractivity contribution in [2.75, 3.05) is 19.6 Å². The molecule has 1 atom stereocenters. The number of hydrogen-bond acceptors (Lipinski definition) is 4. The van der Waals surface area contributed by atoms with Gasteiger partial charge < -0.3 is 15.0 Å². The Balaban J connectivity index is 1.49. The van der Waals surface area contributed by atoms with Crippen LogP contribution < -0.4 is 5.32 Å². The van der Waals surface area contributed by atoms with Crippen LogP contribution in [-0.4, -0.2) is 51.9 Å². The zero-order chi connectivity index (χ0) is 15.9. The minimum atomic E-state index is -0.426. The number of nitrogens with zero attached hydrogens (tertiary/aromatic N) is 3. The summed E-state index contributed by atoms with van der Waals surface area (Å²) in [5.74, 6) is 0.0717. The molecule has 1 aromatic rings. The Kier molecular flexibility index (Phi) is 3.50. The maximum atomic E-state index is 12.9. The van der Waals surface area contributed by atoms with E-state index in [0.29, 0.717) is 26.1 Å². The molecule has 23 heavy (non-hydrogen) atoms. The van der Waals surface area contributed by atoms with Crippen molar-refractivity contribution in [3.05, 3.63) is 17.5 Å². The zero-order valence-electron chi connectivity index (χ0n) is 13.2. The number of ether oxygens (including phenoxy) is 1. The first-order valence-corrected chi connectivity index (χ1v) is 8.48. The average molecular weight is 318 g/mol. The number of carbonyl (C=O) groups is 2. The first-order valence-electron chi connectivity index (χ1n) is 8.48. The molecule has 0 saturated carbocycles. The lowest BCUT2D eigenvalue weighted by molar-refractivity contribution is 0.0438. The number of carbonyl (C=O) groups excluding carboxylic acids is 2. The van der Waals surface area contributed by atoms with Crippen molar-refractivity contribution in [2.45, 2.75) is 50.7 Å². The Morgan fingerprint density at radius 1 is 1.22 bits per heavy atom. The van der Waals surface area contributed by atoms with Crippen molar-refractivity contribution in [3.8, 4) is 0 Å². The highest BCUT2D eigenvalue weighted by atomic mass is 16.6. The monoisotopic (exact) mass is 318 g/mol. The number of aromatic nitrogens is 2. The summed E-state index contributed by atoms with van der Waals surface area (Å²) in [5.41, 5.74) is 1.40. The van der Waals surface area contributed by atoms with Crippen molar-refractivity contribution >= 4 is 12.0 Å². The molecule has 7 nitrogen and oxygen atoms in total. The van der Waals surface area contributed by atoms with Gasteiger partial charge in [0.05, 0.1) is 24.0 Å². The lowest BCUT2D eigenvalue weighted by Gasteiger charge is -2.25. The number of rotatable bonds is 1. The third kappa shape index (κ3) is 2.58. The van der Waals surface area contributed by atoms with Crippen LogP contribution in [0.3, 0.4) is 0 Å². The molecule has 4 heterocycles. The van der Waals surface area contributed by atoms with Gasteiger partial charge >= 0.3 is 6.09 Å². The maximum absolute atomic E-state index is 12.9. The summed E-state index contributed by atoms with van der Waals surface area (Å²) in [6, 6.07) is 0. The van der Waals surface area contributed by atoms with Crippen LogP contribution in [0.4, 0.5) is 4.79 Å². The quantitative estimate of drug-likeness (QED) is 0.847.